The van der Waals surface area contributed by atoms with E-state index in [0.29, 0.717) is 5.92 Å². The molecule has 1 saturated carbocycles. The first-order chi connectivity index (χ1) is 10.1. The topological polar surface area (TPSA) is 55.1 Å². The van der Waals surface area contributed by atoms with Crippen molar-refractivity contribution in [1.29, 1.82) is 0 Å². The van der Waals surface area contributed by atoms with Crippen molar-refractivity contribution in [3.63, 3.8) is 0 Å². The van der Waals surface area contributed by atoms with E-state index < -0.39 is 0 Å². The fourth-order valence-corrected chi connectivity index (χ4v) is 3.20. The summed E-state index contributed by atoms with van der Waals surface area (Å²) in [5, 5.41) is 3.25. The molecule has 0 heterocycles. The van der Waals surface area contributed by atoms with Gasteiger partial charge in [0.1, 0.15) is 0 Å². The molecular weight excluding hydrogens is 260 g/mol. The normalized spacial score (nSPS) is 23.8. The third-order valence-electron chi connectivity index (χ3n) is 4.38. The van der Waals surface area contributed by atoms with Crippen LogP contribution < -0.4 is 11.1 Å². The molecular formula is C18H28N2O. The van der Waals surface area contributed by atoms with Crippen LogP contribution in [0.15, 0.2) is 30.3 Å². The van der Waals surface area contributed by atoms with Gasteiger partial charge in [0.25, 0.3) is 0 Å². The number of hydrogen-bond donors (Lipinski definition) is 2. The fraction of sp³-hybridized carbons (Fsp3) is 0.611. The van der Waals surface area contributed by atoms with Crippen LogP contribution in [0.1, 0.15) is 57.6 Å². The predicted octanol–water partition coefficient (Wildman–Crippen LogP) is 3.41. The Morgan fingerprint density at radius 1 is 1.24 bits per heavy atom. The molecule has 0 aromatic heterocycles. The molecule has 1 amide bonds. The minimum absolute atomic E-state index is 0.0166. The molecule has 0 saturated heterocycles. The van der Waals surface area contributed by atoms with E-state index in [0.717, 1.165) is 32.1 Å². The standard InChI is InChI=1S/C18H28N2O/c1-13(2)12-17(14-8-4-3-5-9-14)20-18(21)15-10-6-7-11-16(15)19/h3-5,8-9,13,15-17H,6-7,10-12,19H2,1-2H3,(H,20,21). The van der Waals surface area contributed by atoms with Gasteiger partial charge >= 0.3 is 0 Å². The highest BCUT2D eigenvalue weighted by Crippen LogP contribution is 2.26. The van der Waals surface area contributed by atoms with Crippen molar-refractivity contribution < 1.29 is 4.79 Å². The van der Waals surface area contributed by atoms with Gasteiger partial charge in [0.15, 0.2) is 0 Å². The van der Waals surface area contributed by atoms with Crippen LogP contribution in [0.5, 0.6) is 0 Å². The summed E-state index contributed by atoms with van der Waals surface area (Å²) in [6.07, 6.45) is 5.12. The summed E-state index contributed by atoms with van der Waals surface area (Å²) in [6, 6.07) is 10.4. The van der Waals surface area contributed by atoms with Crippen molar-refractivity contribution in [3.05, 3.63) is 35.9 Å². The molecule has 1 aliphatic rings. The van der Waals surface area contributed by atoms with Gasteiger partial charge in [-0.25, -0.2) is 0 Å². The first-order valence-corrected chi connectivity index (χ1v) is 8.19. The lowest BCUT2D eigenvalue weighted by Gasteiger charge is -2.30. The lowest BCUT2D eigenvalue weighted by molar-refractivity contribution is -0.127. The average molecular weight is 288 g/mol. The number of nitrogens with one attached hydrogen (secondary N) is 1. The molecule has 3 atom stereocenters. The molecule has 2 rings (SSSR count). The van der Waals surface area contributed by atoms with Gasteiger partial charge in [0, 0.05) is 6.04 Å². The number of benzene rings is 1. The van der Waals surface area contributed by atoms with E-state index in [1.165, 1.54) is 5.56 Å². The third kappa shape index (κ3) is 4.57. The van der Waals surface area contributed by atoms with E-state index in [2.05, 4.69) is 31.3 Å². The minimum atomic E-state index is -0.0166. The Morgan fingerprint density at radius 3 is 2.52 bits per heavy atom. The Kier molecular flexibility index (Phi) is 5.80. The number of rotatable bonds is 5. The van der Waals surface area contributed by atoms with Gasteiger partial charge in [0.05, 0.1) is 12.0 Å². The lowest BCUT2D eigenvalue weighted by Crippen LogP contribution is -2.44. The molecule has 0 aliphatic heterocycles. The van der Waals surface area contributed by atoms with Crippen LogP contribution in [-0.2, 0) is 4.79 Å². The van der Waals surface area contributed by atoms with Crippen molar-refractivity contribution >= 4 is 5.91 Å². The maximum absolute atomic E-state index is 12.6. The zero-order valence-electron chi connectivity index (χ0n) is 13.2. The molecule has 3 unspecified atom stereocenters. The number of carbonyl (C=O) groups is 1. The first kappa shape index (κ1) is 16.0. The minimum Gasteiger partial charge on any atom is -0.349 e. The first-order valence-electron chi connectivity index (χ1n) is 8.19. The van der Waals surface area contributed by atoms with Gasteiger partial charge in [-0.15, -0.1) is 0 Å². The Hall–Kier alpha value is -1.35. The molecule has 1 aromatic rings. The van der Waals surface area contributed by atoms with Gasteiger partial charge in [-0.3, -0.25) is 4.79 Å². The SMILES string of the molecule is CC(C)CC(NC(=O)C1CCCCC1N)c1ccccc1. The lowest BCUT2D eigenvalue weighted by atomic mass is 9.84. The van der Waals surface area contributed by atoms with Crippen molar-refractivity contribution in [3.8, 4) is 0 Å². The van der Waals surface area contributed by atoms with Crippen LogP contribution in [0.25, 0.3) is 0 Å². The molecule has 3 nitrogen and oxygen atoms in total. The summed E-state index contributed by atoms with van der Waals surface area (Å²) < 4.78 is 0. The predicted molar refractivity (Wildman–Crippen MR) is 86.7 cm³/mol. The van der Waals surface area contributed by atoms with Crippen molar-refractivity contribution in [2.75, 3.05) is 0 Å². The Balaban J connectivity index is 2.06. The maximum atomic E-state index is 12.6. The van der Waals surface area contributed by atoms with Gasteiger partial charge in [-0.2, -0.15) is 0 Å². The Morgan fingerprint density at radius 2 is 1.90 bits per heavy atom. The molecule has 0 spiro atoms. The molecule has 1 aromatic carbocycles. The van der Waals surface area contributed by atoms with Crippen LogP contribution in [0.4, 0.5) is 0 Å². The maximum Gasteiger partial charge on any atom is 0.225 e. The second kappa shape index (κ2) is 7.60. The second-order valence-electron chi connectivity index (χ2n) is 6.66. The van der Waals surface area contributed by atoms with Crippen LogP contribution in [0.3, 0.4) is 0 Å². The highest BCUT2D eigenvalue weighted by atomic mass is 16.2. The van der Waals surface area contributed by atoms with E-state index in [1.54, 1.807) is 0 Å². The number of amides is 1. The number of hydrogen-bond acceptors (Lipinski definition) is 2. The fourth-order valence-electron chi connectivity index (χ4n) is 3.20. The van der Waals surface area contributed by atoms with E-state index in [9.17, 15) is 4.79 Å². The average Bonchev–Trinajstić information content (AvgIpc) is 2.47. The van der Waals surface area contributed by atoms with Crippen molar-refractivity contribution in [1.82, 2.24) is 5.32 Å². The molecule has 116 valence electrons. The number of carbonyl (C=O) groups excluding carboxylic acids is 1. The molecule has 3 heteroatoms. The highest BCUT2D eigenvalue weighted by Gasteiger charge is 2.29. The number of nitrogens with two attached hydrogens (primary N) is 1. The molecule has 1 aliphatic carbocycles. The Labute approximate surface area is 128 Å². The van der Waals surface area contributed by atoms with Gasteiger partial charge in [0.2, 0.25) is 5.91 Å². The van der Waals surface area contributed by atoms with E-state index in [-0.39, 0.29) is 23.9 Å². The van der Waals surface area contributed by atoms with Gasteiger partial charge < -0.3 is 11.1 Å². The van der Waals surface area contributed by atoms with E-state index in [1.807, 2.05) is 18.2 Å². The highest BCUT2D eigenvalue weighted by molar-refractivity contribution is 5.80. The molecule has 0 radical (unpaired) electrons. The summed E-state index contributed by atoms with van der Waals surface area (Å²) in [5.41, 5.74) is 7.32. The monoisotopic (exact) mass is 288 g/mol. The van der Waals surface area contributed by atoms with Crippen LogP contribution in [0, 0.1) is 11.8 Å². The summed E-state index contributed by atoms with van der Waals surface area (Å²) in [4.78, 5) is 12.6. The van der Waals surface area contributed by atoms with Crippen molar-refractivity contribution in [2.24, 2.45) is 17.6 Å². The zero-order chi connectivity index (χ0) is 15.2. The molecule has 0 bridgehead atoms. The second-order valence-corrected chi connectivity index (χ2v) is 6.66. The van der Waals surface area contributed by atoms with Crippen molar-refractivity contribution in [2.45, 2.75) is 58.0 Å². The molecule has 3 N–H and O–H groups in total. The Bertz CT molecular complexity index is 444. The quantitative estimate of drug-likeness (QED) is 0.872. The van der Waals surface area contributed by atoms with Crippen LogP contribution in [-0.4, -0.2) is 11.9 Å². The summed E-state index contributed by atoms with van der Waals surface area (Å²) in [7, 11) is 0. The summed E-state index contributed by atoms with van der Waals surface area (Å²) >= 11 is 0. The van der Waals surface area contributed by atoms with Gasteiger partial charge in [-0.05, 0) is 30.7 Å². The molecule has 21 heavy (non-hydrogen) atoms. The van der Waals surface area contributed by atoms with Gasteiger partial charge in [-0.1, -0.05) is 57.0 Å². The van der Waals surface area contributed by atoms with Crippen LogP contribution in [0.2, 0.25) is 0 Å². The summed E-state index contributed by atoms with van der Waals surface area (Å²) in [6.45, 7) is 4.38. The smallest absolute Gasteiger partial charge is 0.225 e. The third-order valence-corrected chi connectivity index (χ3v) is 4.38. The summed E-state index contributed by atoms with van der Waals surface area (Å²) in [5.74, 6) is 0.657. The zero-order valence-corrected chi connectivity index (χ0v) is 13.2. The largest absolute Gasteiger partial charge is 0.349 e. The van der Waals surface area contributed by atoms with E-state index >= 15 is 0 Å². The molecule has 1 fully saturated rings. The van der Waals surface area contributed by atoms with Crippen LogP contribution >= 0.6 is 0 Å². The van der Waals surface area contributed by atoms with E-state index in [4.69, 9.17) is 5.73 Å².